The number of benzene rings is 2. The highest BCUT2D eigenvalue weighted by Gasteiger charge is 2.21. The molecule has 0 unspecified atom stereocenters. The van der Waals surface area contributed by atoms with Crippen LogP contribution >= 0.6 is 23.1 Å². The van der Waals surface area contributed by atoms with Crippen LogP contribution in [0.15, 0.2) is 59.9 Å². The van der Waals surface area contributed by atoms with E-state index in [0.29, 0.717) is 16.4 Å². The minimum atomic E-state index is -0.589. The van der Waals surface area contributed by atoms with Crippen LogP contribution in [0, 0.1) is 0 Å². The first-order valence-corrected chi connectivity index (χ1v) is 12.1. The number of carbonyl (C=O) groups is 2. The third-order valence-corrected chi connectivity index (χ3v) is 7.59. The fourth-order valence-corrected chi connectivity index (χ4v) is 5.66. The van der Waals surface area contributed by atoms with Gasteiger partial charge in [-0.3, -0.25) is 9.59 Å². The van der Waals surface area contributed by atoms with Crippen LogP contribution in [-0.4, -0.2) is 39.1 Å². The van der Waals surface area contributed by atoms with Crippen molar-refractivity contribution in [1.29, 1.82) is 0 Å². The van der Waals surface area contributed by atoms with Crippen LogP contribution in [0.3, 0.4) is 0 Å². The summed E-state index contributed by atoms with van der Waals surface area (Å²) in [7, 11) is 0. The fourth-order valence-electron chi connectivity index (χ4n) is 3.75. The predicted octanol–water partition coefficient (Wildman–Crippen LogP) is 3.48. The van der Waals surface area contributed by atoms with Crippen LogP contribution in [0.4, 0.5) is 10.8 Å². The minimum absolute atomic E-state index is 0.129. The molecule has 1 aliphatic rings. The Bertz CT molecular complexity index is 1360. The number of fused-ring (bicyclic) bond motifs is 2. The quantitative estimate of drug-likeness (QED) is 0.323. The van der Waals surface area contributed by atoms with Gasteiger partial charge in [-0.25, -0.2) is 9.97 Å². The van der Waals surface area contributed by atoms with Crippen molar-refractivity contribution in [3.8, 4) is 0 Å². The number of anilines is 2. The second-order valence-corrected chi connectivity index (χ2v) is 9.46. The molecule has 10 heteroatoms. The molecule has 3 heterocycles. The average Bonchev–Trinajstić information content (AvgIpc) is 3.28. The van der Waals surface area contributed by atoms with Crippen molar-refractivity contribution in [2.75, 3.05) is 22.5 Å². The molecule has 0 spiro atoms. The van der Waals surface area contributed by atoms with Crippen LogP contribution in [-0.2, 0) is 17.8 Å². The Balaban J connectivity index is 1.30. The molecule has 0 bridgehead atoms. The number of nitrogens with one attached hydrogen (secondary N) is 1. The van der Waals surface area contributed by atoms with Gasteiger partial charge in [-0.2, -0.15) is 4.98 Å². The van der Waals surface area contributed by atoms with E-state index in [1.54, 1.807) is 35.6 Å². The van der Waals surface area contributed by atoms with E-state index < -0.39 is 5.91 Å². The Morgan fingerprint density at radius 2 is 1.88 bits per heavy atom. The van der Waals surface area contributed by atoms with Crippen molar-refractivity contribution in [1.82, 2.24) is 15.0 Å². The first kappa shape index (κ1) is 21.4. The van der Waals surface area contributed by atoms with Gasteiger partial charge < -0.3 is 16.0 Å². The normalized spacial score (nSPS) is 13.0. The van der Waals surface area contributed by atoms with Crippen LogP contribution in [0.2, 0.25) is 0 Å². The number of thiazole rings is 1. The average molecular weight is 477 g/mol. The zero-order valence-corrected chi connectivity index (χ0v) is 19.2. The van der Waals surface area contributed by atoms with Crippen molar-refractivity contribution < 1.29 is 9.59 Å². The minimum Gasteiger partial charge on any atom is -0.366 e. The summed E-state index contributed by atoms with van der Waals surface area (Å²) < 4.78 is 0.863. The molecule has 33 heavy (non-hydrogen) atoms. The highest BCUT2D eigenvalue weighted by molar-refractivity contribution is 8.00. The summed E-state index contributed by atoms with van der Waals surface area (Å²) in [6, 6.07) is 15.1. The molecular formula is C23H20N6O2S2. The van der Waals surface area contributed by atoms with Crippen LogP contribution in [0.25, 0.3) is 10.3 Å². The summed E-state index contributed by atoms with van der Waals surface area (Å²) in [4.78, 5) is 39.8. The maximum absolute atomic E-state index is 12.5. The molecule has 0 saturated heterocycles. The number of para-hydroxylation sites is 1. The lowest BCUT2D eigenvalue weighted by Gasteiger charge is -2.28. The molecule has 0 atom stereocenters. The van der Waals surface area contributed by atoms with Gasteiger partial charge in [-0.15, -0.1) is 0 Å². The van der Waals surface area contributed by atoms with Gasteiger partial charge >= 0.3 is 0 Å². The number of carbonyl (C=O) groups excluding carboxylic acids is 2. The molecule has 0 aliphatic carbocycles. The van der Waals surface area contributed by atoms with Crippen molar-refractivity contribution >= 4 is 56.1 Å². The van der Waals surface area contributed by atoms with E-state index in [4.69, 9.17) is 10.7 Å². The van der Waals surface area contributed by atoms with Gasteiger partial charge in [0.25, 0.3) is 5.91 Å². The largest absolute Gasteiger partial charge is 0.366 e. The number of rotatable bonds is 6. The number of hydrogen-bond acceptors (Lipinski definition) is 8. The second-order valence-electron chi connectivity index (χ2n) is 7.51. The number of aromatic nitrogens is 3. The van der Waals surface area contributed by atoms with E-state index in [0.717, 1.165) is 29.3 Å². The van der Waals surface area contributed by atoms with Crippen molar-refractivity contribution in [2.45, 2.75) is 18.0 Å². The first-order valence-electron chi connectivity index (χ1n) is 10.3. The highest BCUT2D eigenvalue weighted by Crippen LogP contribution is 2.35. The molecular weight excluding hydrogens is 456 g/mol. The number of thioether (sulfide) groups is 1. The zero-order chi connectivity index (χ0) is 22.8. The van der Waals surface area contributed by atoms with E-state index in [-0.39, 0.29) is 17.2 Å². The van der Waals surface area contributed by atoms with E-state index in [2.05, 4.69) is 44.5 Å². The van der Waals surface area contributed by atoms with E-state index in [9.17, 15) is 9.59 Å². The summed E-state index contributed by atoms with van der Waals surface area (Å²) >= 11 is 2.86. The van der Waals surface area contributed by atoms with Gasteiger partial charge in [-0.1, -0.05) is 59.5 Å². The molecule has 4 aromatic rings. The summed E-state index contributed by atoms with van der Waals surface area (Å²) in [5.41, 5.74) is 9.39. The van der Waals surface area contributed by atoms with Gasteiger partial charge in [0.05, 0.1) is 17.0 Å². The predicted molar refractivity (Wildman–Crippen MR) is 131 cm³/mol. The topological polar surface area (TPSA) is 114 Å². The second kappa shape index (κ2) is 9.16. The number of nitrogens with zero attached hydrogens (tertiary/aromatic N) is 4. The molecule has 0 fully saturated rings. The molecule has 8 nitrogen and oxygen atoms in total. The van der Waals surface area contributed by atoms with Gasteiger partial charge in [0.2, 0.25) is 5.91 Å². The van der Waals surface area contributed by atoms with Crippen LogP contribution < -0.4 is 16.0 Å². The molecule has 0 saturated carbocycles. The molecule has 5 rings (SSSR count). The fraction of sp³-hybridized carbons (Fsp3) is 0.174. The monoisotopic (exact) mass is 476 g/mol. The maximum Gasteiger partial charge on any atom is 0.250 e. The van der Waals surface area contributed by atoms with Crippen molar-refractivity contribution in [3.05, 3.63) is 71.5 Å². The molecule has 2 amide bonds. The van der Waals surface area contributed by atoms with Crippen LogP contribution in [0.1, 0.15) is 21.5 Å². The van der Waals surface area contributed by atoms with E-state index >= 15 is 0 Å². The lowest BCUT2D eigenvalue weighted by atomic mass is 10.0. The number of amides is 2. The molecule has 0 radical (unpaired) electrons. The van der Waals surface area contributed by atoms with Crippen LogP contribution in [0.5, 0.6) is 0 Å². The van der Waals surface area contributed by atoms with E-state index in [1.165, 1.54) is 29.2 Å². The number of primary amides is 1. The summed E-state index contributed by atoms with van der Waals surface area (Å²) in [6.45, 7) is 1.71. The Hall–Kier alpha value is -3.50. The smallest absolute Gasteiger partial charge is 0.250 e. The SMILES string of the molecule is NC(=O)c1ccccc1NC(=O)CSc1ncnc2nc(N3CCc4ccccc4C3)sc12. The molecule has 1 aliphatic heterocycles. The van der Waals surface area contributed by atoms with Crippen molar-refractivity contribution in [2.24, 2.45) is 5.73 Å². The van der Waals surface area contributed by atoms with Gasteiger partial charge in [0, 0.05) is 13.1 Å². The molecule has 2 aromatic heterocycles. The molecule has 166 valence electrons. The first-order chi connectivity index (χ1) is 16.1. The summed E-state index contributed by atoms with van der Waals surface area (Å²) in [5.74, 6) is -0.713. The maximum atomic E-state index is 12.5. The highest BCUT2D eigenvalue weighted by atomic mass is 32.2. The Morgan fingerprint density at radius 3 is 2.73 bits per heavy atom. The van der Waals surface area contributed by atoms with Crippen molar-refractivity contribution in [3.63, 3.8) is 0 Å². The van der Waals surface area contributed by atoms with Gasteiger partial charge in [0.1, 0.15) is 16.1 Å². The van der Waals surface area contributed by atoms with Gasteiger partial charge in [-0.05, 0) is 29.7 Å². The standard InChI is InChI=1S/C23H20N6O2S2/c24-20(31)16-7-3-4-8-17(16)27-18(30)12-32-22-19-21(25-13-26-22)28-23(33-19)29-10-9-14-5-1-2-6-15(14)11-29/h1-8,13H,9-12H2,(H2,24,31)(H,27,30). The Labute approximate surface area is 198 Å². The molecule has 3 N–H and O–H groups in total. The molecule has 2 aromatic carbocycles. The summed E-state index contributed by atoms with van der Waals surface area (Å²) in [5, 5.41) is 4.36. The zero-order valence-electron chi connectivity index (χ0n) is 17.5. The third-order valence-electron chi connectivity index (χ3n) is 5.36. The number of nitrogens with two attached hydrogens (primary N) is 1. The lowest BCUT2D eigenvalue weighted by Crippen LogP contribution is -2.30. The number of hydrogen-bond donors (Lipinski definition) is 2. The van der Waals surface area contributed by atoms with Gasteiger partial charge in [0.15, 0.2) is 10.8 Å². The Morgan fingerprint density at radius 1 is 1.09 bits per heavy atom. The lowest BCUT2D eigenvalue weighted by molar-refractivity contribution is -0.113. The van der Waals surface area contributed by atoms with E-state index in [1.807, 2.05) is 0 Å². The Kier molecular flexibility index (Phi) is 5.93. The summed E-state index contributed by atoms with van der Waals surface area (Å²) in [6.07, 6.45) is 2.45. The third kappa shape index (κ3) is 4.53.